The zero-order chi connectivity index (χ0) is 20.5. The number of anilines is 1. The van der Waals surface area contributed by atoms with E-state index in [1.54, 1.807) is 4.57 Å². The minimum Gasteiger partial charge on any atom is -0.326 e. The molecule has 3 heterocycles. The van der Waals surface area contributed by atoms with Crippen LogP contribution in [-0.4, -0.2) is 25.1 Å². The first kappa shape index (κ1) is 19.3. The van der Waals surface area contributed by atoms with Crippen LogP contribution in [0.4, 0.5) is 5.69 Å². The Labute approximate surface area is 172 Å². The van der Waals surface area contributed by atoms with Gasteiger partial charge in [-0.2, -0.15) is 0 Å². The molecule has 7 nitrogen and oxygen atoms in total. The lowest BCUT2D eigenvalue weighted by Crippen LogP contribution is -2.24. The number of fused-ring (bicyclic) bond motifs is 3. The number of amides is 1. The second-order valence-corrected chi connectivity index (χ2v) is 8.53. The first-order valence-corrected chi connectivity index (χ1v) is 10.5. The van der Waals surface area contributed by atoms with E-state index < -0.39 is 0 Å². The zero-order valence-corrected chi connectivity index (χ0v) is 17.5. The highest BCUT2D eigenvalue weighted by Gasteiger charge is 2.18. The Bertz CT molecular complexity index is 1250. The SMILES string of the molecule is Cc1cccc(NC(=O)CCc2nnc3n(CC(C)C)c(=O)c4sccc4n23)c1. The first-order chi connectivity index (χ1) is 13.9. The first-order valence-electron chi connectivity index (χ1n) is 9.64. The second kappa shape index (κ2) is 7.79. The van der Waals surface area contributed by atoms with E-state index in [4.69, 9.17) is 0 Å². The van der Waals surface area contributed by atoms with Crippen molar-refractivity contribution in [3.05, 3.63) is 57.5 Å². The molecule has 0 spiro atoms. The molecular formula is C21H23N5O2S. The number of carbonyl (C=O) groups is 1. The Kier molecular flexibility index (Phi) is 5.19. The van der Waals surface area contributed by atoms with Crippen LogP contribution in [0.25, 0.3) is 16.0 Å². The van der Waals surface area contributed by atoms with Gasteiger partial charge in [-0.05, 0) is 42.0 Å². The molecule has 0 atom stereocenters. The normalized spacial score (nSPS) is 11.6. The fourth-order valence-electron chi connectivity index (χ4n) is 3.44. The van der Waals surface area contributed by atoms with Gasteiger partial charge >= 0.3 is 0 Å². The summed E-state index contributed by atoms with van der Waals surface area (Å²) in [7, 11) is 0. The smallest absolute Gasteiger partial charge is 0.272 e. The second-order valence-electron chi connectivity index (χ2n) is 7.61. The van der Waals surface area contributed by atoms with E-state index >= 15 is 0 Å². The molecule has 0 fully saturated rings. The van der Waals surface area contributed by atoms with Gasteiger partial charge in [0.05, 0.1) is 5.52 Å². The number of nitrogens with zero attached hydrogens (tertiary/aromatic N) is 4. The van der Waals surface area contributed by atoms with Crippen LogP contribution >= 0.6 is 11.3 Å². The molecule has 150 valence electrons. The van der Waals surface area contributed by atoms with Crippen LogP contribution in [-0.2, 0) is 17.8 Å². The van der Waals surface area contributed by atoms with Gasteiger partial charge in [0, 0.05) is 25.1 Å². The van der Waals surface area contributed by atoms with E-state index in [1.165, 1.54) is 11.3 Å². The summed E-state index contributed by atoms with van der Waals surface area (Å²) in [4.78, 5) is 25.3. The van der Waals surface area contributed by atoms with Gasteiger partial charge in [-0.3, -0.25) is 18.6 Å². The van der Waals surface area contributed by atoms with Crippen molar-refractivity contribution in [3.63, 3.8) is 0 Å². The molecule has 1 amide bonds. The van der Waals surface area contributed by atoms with Crippen molar-refractivity contribution in [1.29, 1.82) is 0 Å². The fourth-order valence-corrected chi connectivity index (χ4v) is 4.27. The molecule has 0 saturated carbocycles. The summed E-state index contributed by atoms with van der Waals surface area (Å²) in [5.74, 6) is 1.43. The molecule has 4 aromatic rings. The van der Waals surface area contributed by atoms with E-state index in [2.05, 4.69) is 29.4 Å². The molecule has 0 aliphatic carbocycles. The number of hydrogen-bond donors (Lipinski definition) is 1. The van der Waals surface area contributed by atoms with Crippen LogP contribution in [0, 0.1) is 12.8 Å². The summed E-state index contributed by atoms with van der Waals surface area (Å²) in [6.07, 6.45) is 0.716. The lowest BCUT2D eigenvalue weighted by Gasteiger charge is -2.11. The number of rotatable bonds is 6. The summed E-state index contributed by atoms with van der Waals surface area (Å²) in [5.41, 5.74) is 2.64. The van der Waals surface area contributed by atoms with Crippen molar-refractivity contribution < 1.29 is 4.79 Å². The maximum atomic E-state index is 12.9. The van der Waals surface area contributed by atoms with Crippen LogP contribution in [0.1, 0.15) is 31.7 Å². The molecule has 8 heteroatoms. The van der Waals surface area contributed by atoms with E-state index in [0.717, 1.165) is 16.8 Å². The van der Waals surface area contributed by atoms with Gasteiger partial charge < -0.3 is 5.32 Å². The van der Waals surface area contributed by atoms with Crippen molar-refractivity contribution in [2.24, 2.45) is 5.92 Å². The van der Waals surface area contributed by atoms with Crippen molar-refractivity contribution in [1.82, 2.24) is 19.2 Å². The van der Waals surface area contributed by atoms with Gasteiger partial charge in [0.15, 0.2) is 0 Å². The average Bonchev–Trinajstić information content (AvgIpc) is 3.30. The lowest BCUT2D eigenvalue weighted by molar-refractivity contribution is -0.116. The molecule has 3 aromatic heterocycles. The highest BCUT2D eigenvalue weighted by molar-refractivity contribution is 7.17. The van der Waals surface area contributed by atoms with E-state index in [9.17, 15) is 9.59 Å². The summed E-state index contributed by atoms with van der Waals surface area (Å²) >= 11 is 1.42. The fraction of sp³-hybridized carbons (Fsp3) is 0.333. The third kappa shape index (κ3) is 3.80. The molecular weight excluding hydrogens is 386 g/mol. The zero-order valence-electron chi connectivity index (χ0n) is 16.7. The van der Waals surface area contributed by atoms with Gasteiger partial charge in [0.2, 0.25) is 11.7 Å². The van der Waals surface area contributed by atoms with Crippen molar-refractivity contribution in [2.45, 2.75) is 40.2 Å². The maximum Gasteiger partial charge on any atom is 0.272 e. The molecule has 29 heavy (non-hydrogen) atoms. The highest BCUT2D eigenvalue weighted by Crippen LogP contribution is 2.21. The average molecular weight is 410 g/mol. The molecule has 0 unspecified atom stereocenters. The number of hydrogen-bond acceptors (Lipinski definition) is 5. The number of benzene rings is 1. The molecule has 0 saturated heterocycles. The molecule has 4 rings (SSSR count). The Morgan fingerprint density at radius 1 is 1.24 bits per heavy atom. The molecule has 1 N–H and O–H groups in total. The topological polar surface area (TPSA) is 81.3 Å². The van der Waals surface area contributed by atoms with E-state index in [-0.39, 0.29) is 17.9 Å². The number of aromatic nitrogens is 4. The van der Waals surface area contributed by atoms with Crippen LogP contribution in [0.3, 0.4) is 0 Å². The Hall–Kier alpha value is -3.00. The summed E-state index contributed by atoms with van der Waals surface area (Å²) in [6, 6.07) is 9.62. The Morgan fingerprint density at radius 3 is 2.83 bits per heavy atom. The molecule has 0 bridgehead atoms. The van der Waals surface area contributed by atoms with E-state index in [0.29, 0.717) is 35.2 Å². The number of thiophene rings is 1. The standard InChI is InChI=1S/C21H23N5O2S/c1-13(2)12-25-20(28)19-16(9-10-29-19)26-17(23-24-21(25)26)7-8-18(27)22-15-6-4-5-14(3)11-15/h4-6,9-11,13H,7-8,12H2,1-3H3,(H,22,27). The van der Waals surface area contributed by atoms with Gasteiger partial charge in [-0.15, -0.1) is 21.5 Å². The Morgan fingerprint density at radius 2 is 2.07 bits per heavy atom. The van der Waals surface area contributed by atoms with Gasteiger partial charge in [0.1, 0.15) is 10.5 Å². The number of carbonyl (C=O) groups excluding carboxylic acids is 1. The molecule has 1 aromatic carbocycles. The Balaban J connectivity index is 1.64. The summed E-state index contributed by atoms with van der Waals surface area (Å²) < 4.78 is 4.28. The number of nitrogens with one attached hydrogen (secondary N) is 1. The van der Waals surface area contributed by atoms with Crippen molar-refractivity contribution in [2.75, 3.05) is 5.32 Å². The summed E-state index contributed by atoms with van der Waals surface area (Å²) in [6.45, 7) is 6.69. The van der Waals surface area contributed by atoms with E-state index in [1.807, 2.05) is 47.0 Å². The predicted octanol–water partition coefficient (Wildman–Crippen LogP) is 3.64. The largest absolute Gasteiger partial charge is 0.326 e. The molecule has 0 aliphatic rings. The van der Waals surface area contributed by atoms with Gasteiger partial charge in [-0.25, -0.2) is 0 Å². The third-order valence-corrected chi connectivity index (χ3v) is 5.60. The minimum atomic E-state index is -0.0792. The highest BCUT2D eigenvalue weighted by atomic mass is 32.1. The van der Waals surface area contributed by atoms with Gasteiger partial charge in [-0.1, -0.05) is 26.0 Å². The van der Waals surface area contributed by atoms with Crippen LogP contribution in [0.2, 0.25) is 0 Å². The van der Waals surface area contributed by atoms with Crippen LogP contribution < -0.4 is 10.9 Å². The third-order valence-electron chi connectivity index (χ3n) is 4.70. The monoisotopic (exact) mass is 409 g/mol. The molecule has 0 aliphatic heterocycles. The predicted molar refractivity (Wildman–Crippen MR) is 116 cm³/mol. The maximum absolute atomic E-state index is 12.9. The number of aryl methyl sites for hydroxylation is 2. The minimum absolute atomic E-state index is 0.0349. The van der Waals surface area contributed by atoms with Crippen LogP contribution in [0.5, 0.6) is 0 Å². The van der Waals surface area contributed by atoms with Crippen molar-refractivity contribution >= 4 is 38.9 Å². The quantitative estimate of drug-likeness (QED) is 0.527. The van der Waals surface area contributed by atoms with Gasteiger partial charge in [0.25, 0.3) is 5.56 Å². The van der Waals surface area contributed by atoms with Crippen LogP contribution in [0.15, 0.2) is 40.5 Å². The lowest BCUT2D eigenvalue weighted by atomic mass is 10.2. The molecule has 0 radical (unpaired) electrons. The summed E-state index contributed by atoms with van der Waals surface area (Å²) in [5, 5.41) is 13.4. The van der Waals surface area contributed by atoms with Crippen molar-refractivity contribution in [3.8, 4) is 0 Å².